The van der Waals surface area contributed by atoms with E-state index in [1.807, 2.05) is 12.3 Å². The van der Waals surface area contributed by atoms with E-state index in [2.05, 4.69) is 59.8 Å². The molecule has 2 fully saturated rings. The lowest BCUT2D eigenvalue weighted by Gasteiger charge is -2.21. The Morgan fingerprint density at radius 1 is 1.14 bits per heavy atom. The molecule has 0 N–H and O–H groups in total. The maximum absolute atomic E-state index is 13.0. The van der Waals surface area contributed by atoms with Crippen LogP contribution in [0.25, 0.3) is 0 Å². The van der Waals surface area contributed by atoms with Crippen molar-refractivity contribution in [2.24, 2.45) is 5.92 Å². The van der Waals surface area contributed by atoms with Crippen LogP contribution >= 0.6 is 0 Å². The zero-order chi connectivity index (χ0) is 19.7. The van der Waals surface area contributed by atoms with Crippen molar-refractivity contribution in [1.29, 1.82) is 0 Å². The molecule has 2 heterocycles. The number of hydrogen-bond donors (Lipinski definition) is 0. The third-order valence-electron chi connectivity index (χ3n) is 5.89. The van der Waals surface area contributed by atoms with E-state index in [0.29, 0.717) is 18.4 Å². The molecule has 150 valence electrons. The summed E-state index contributed by atoms with van der Waals surface area (Å²) in [6.07, 6.45) is 3.84. The first-order chi connectivity index (χ1) is 13.4. The molecule has 1 saturated heterocycles. The number of aromatic nitrogens is 1. The van der Waals surface area contributed by atoms with Crippen molar-refractivity contribution in [3.8, 4) is 0 Å². The highest BCUT2D eigenvalue weighted by Crippen LogP contribution is 2.48. The van der Waals surface area contributed by atoms with Crippen LogP contribution in [0.1, 0.15) is 56.7 Å². The molecule has 2 aliphatic rings. The summed E-state index contributed by atoms with van der Waals surface area (Å²) in [6, 6.07) is 10.4. The maximum atomic E-state index is 13.0. The molecule has 4 rings (SSSR count). The van der Waals surface area contributed by atoms with Crippen LogP contribution in [-0.2, 0) is 16.8 Å². The molecule has 1 amide bonds. The van der Waals surface area contributed by atoms with Crippen molar-refractivity contribution in [2.75, 3.05) is 26.2 Å². The first kappa shape index (κ1) is 19.2. The molecule has 0 radical (unpaired) electrons. The molecule has 5 heteroatoms. The lowest BCUT2D eigenvalue weighted by atomic mass is 9.94. The second-order valence-electron chi connectivity index (χ2n) is 9.18. The van der Waals surface area contributed by atoms with E-state index in [1.54, 1.807) is 0 Å². The van der Waals surface area contributed by atoms with Crippen LogP contribution in [0.4, 0.5) is 0 Å². The number of amides is 1. The van der Waals surface area contributed by atoms with Gasteiger partial charge in [-0.15, -0.1) is 0 Å². The van der Waals surface area contributed by atoms with Gasteiger partial charge in [0.1, 0.15) is 5.76 Å². The Kier molecular flexibility index (Phi) is 5.28. The van der Waals surface area contributed by atoms with E-state index < -0.39 is 0 Å². The molecule has 1 aliphatic heterocycles. The highest BCUT2D eigenvalue weighted by Gasteiger charge is 2.45. The van der Waals surface area contributed by atoms with Gasteiger partial charge in [-0.1, -0.05) is 51.1 Å². The molecule has 2 unspecified atom stereocenters. The van der Waals surface area contributed by atoms with Crippen LogP contribution in [0, 0.1) is 5.92 Å². The number of oxazole rings is 1. The molecule has 2 aromatic rings. The van der Waals surface area contributed by atoms with E-state index in [4.69, 9.17) is 4.42 Å². The minimum Gasteiger partial charge on any atom is -0.444 e. The topological polar surface area (TPSA) is 49.6 Å². The predicted octanol–water partition coefficient (Wildman–Crippen LogP) is 3.81. The molecule has 1 aliphatic carbocycles. The summed E-state index contributed by atoms with van der Waals surface area (Å²) in [6.45, 7) is 10.6. The third kappa shape index (κ3) is 4.30. The third-order valence-corrected chi connectivity index (χ3v) is 5.89. The Labute approximate surface area is 167 Å². The molecule has 2 atom stereocenters. The smallest absolute Gasteiger partial charge is 0.226 e. The van der Waals surface area contributed by atoms with Crippen molar-refractivity contribution in [1.82, 2.24) is 14.8 Å². The number of rotatable bonds is 4. The molecule has 1 aromatic carbocycles. The van der Waals surface area contributed by atoms with Gasteiger partial charge in [0.2, 0.25) is 11.8 Å². The zero-order valence-corrected chi connectivity index (χ0v) is 17.2. The Hall–Kier alpha value is -2.14. The molecule has 0 bridgehead atoms. The second kappa shape index (κ2) is 7.70. The van der Waals surface area contributed by atoms with Crippen LogP contribution in [0.3, 0.4) is 0 Å². The van der Waals surface area contributed by atoms with Gasteiger partial charge in [0, 0.05) is 37.5 Å². The highest BCUT2D eigenvalue weighted by atomic mass is 16.4. The lowest BCUT2D eigenvalue weighted by molar-refractivity contribution is -0.132. The van der Waals surface area contributed by atoms with E-state index in [1.165, 1.54) is 5.56 Å². The normalized spacial score (nSPS) is 23.5. The number of nitrogens with zero attached hydrogens (tertiary/aromatic N) is 3. The van der Waals surface area contributed by atoms with Crippen molar-refractivity contribution >= 4 is 5.91 Å². The Morgan fingerprint density at radius 2 is 1.93 bits per heavy atom. The van der Waals surface area contributed by atoms with E-state index >= 15 is 0 Å². The number of carbonyl (C=O) groups excluding carboxylic acids is 1. The first-order valence-electron chi connectivity index (χ1n) is 10.4. The molecule has 5 nitrogen and oxygen atoms in total. The fourth-order valence-electron chi connectivity index (χ4n) is 4.04. The van der Waals surface area contributed by atoms with Crippen LogP contribution in [0.5, 0.6) is 0 Å². The fourth-order valence-corrected chi connectivity index (χ4v) is 4.04. The van der Waals surface area contributed by atoms with E-state index in [9.17, 15) is 4.79 Å². The SMILES string of the molecule is CC(C)(C)c1cnc(CN2CCCN(C(=O)C3CC3c3ccccc3)CC2)o1. The molecule has 1 aromatic heterocycles. The Bertz CT molecular complexity index is 809. The Morgan fingerprint density at radius 3 is 2.64 bits per heavy atom. The van der Waals surface area contributed by atoms with Crippen LogP contribution in [-0.4, -0.2) is 46.9 Å². The fraction of sp³-hybridized carbons (Fsp3) is 0.565. The number of carbonyl (C=O) groups is 1. The number of hydrogen-bond acceptors (Lipinski definition) is 4. The zero-order valence-electron chi connectivity index (χ0n) is 17.2. The van der Waals surface area contributed by atoms with Gasteiger partial charge in [0.05, 0.1) is 12.7 Å². The summed E-state index contributed by atoms with van der Waals surface area (Å²) in [5.74, 6) is 2.62. The predicted molar refractivity (Wildman–Crippen MR) is 109 cm³/mol. The van der Waals surface area contributed by atoms with Gasteiger partial charge < -0.3 is 9.32 Å². The summed E-state index contributed by atoms with van der Waals surface area (Å²) >= 11 is 0. The highest BCUT2D eigenvalue weighted by molar-refractivity contribution is 5.83. The van der Waals surface area contributed by atoms with E-state index in [0.717, 1.165) is 50.7 Å². The summed E-state index contributed by atoms with van der Waals surface area (Å²) < 4.78 is 5.94. The van der Waals surface area contributed by atoms with Crippen LogP contribution in [0.15, 0.2) is 40.9 Å². The quantitative estimate of drug-likeness (QED) is 0.808. The second-order valence-corrected chi connectivity index (χ2v) is 9.18. The van der Waals surface area contributed by atoms with Gasteiger partial charge in [-0.2, -0.15) is 0 Å². The van der Waals surface area contributed by atoms with Gasteiger partial charge in [0.15, 0.2) is 0 Å². The summed E-state index contributed by atoms with van der Waals surface area (Å²) in [5, 5.41) is 0. The van der Waals surface area contributed by atoms with Crippen molar-refractivity contribution < 1.29 is 9.21 Å². The maximum Gasteiger partial charge on any atom is 0.226 e. The molecule has 28 heavy (non-hydrogen) atoms. The largest absolute Gasteiger partial charge is 0.444 e. The minimum atomic E-state index is -0.0210. The van der Waals surface area contributed by atoms with Gasteiger partial charge in [-0.25, -0.2) is 4.98 Å². The van der Waals surface area contributed by atoms with Crippen LogP contribution in [0.2, 0.25) is 0 Å². The average Bonchev–Trinajstić information content (AvgIpc) is 3.38. The van der Waals surface area contributed by atoms with Gasteiger partial charge >= 0.3 is 0 Å². The summed E-state index contributed by atoms with van der Waals surface area (Å²) in [5.41, 5.74) is 1.28. The van der Waals surface area contributed by atoms with Gasteiger partial charge in [-0.3, -0.25) is 9.69 Å². The first-order valence-corrected chi connectivity index (χ1v) is 10.4. The van der Waals surface area contributed by atoms with E-state index in [-0.39, 0.29) is 11.3 Å². The monoisotopic (exact) mass is 381 g/mol. The average molecular weight is 382 g/mol. The van der Waals surface area contributed by atoms with Crippen LogP contribution < -0.4 is 0 Å². The molecular formula is C23H31N3O2. The summed E-state index contributed by atoms with van der Waals surface area (Å²) in [4.78, 5) is 21.8. The summed E-state index contributed by atoms with van der Waals surface area (Å²) in [7, 11) is 0. The minimum absolute atomic E-state index is 0.0210. The van der Waals surface area contributed by atoms with Gasteiger partial charge in [-0.05, 0) is 24.3 Å². The van der Waals surface area contributed by atoms with Crippen molar-refractivity contribution in [3.63, 3.8) is 0 Å². The van der Waals surface area contributed by atoms with Crippen molar-refractivity contribution in [3.05, 3.63) is 53.7 Å². The van der Waals surface area contributed by atoms with Gasteiger partial charge in [0.25, 0.3) is 0 Å². The molecular weight excluding hydrogens is 350 g/mol. The standard InChI is InChI=1S/C23H31N3O2/c1-23(2,3)20-15-24-21(28-20)16-25-10-7-11-26(13-12-25)22(27)19-14-18(19)17-8-5-4-6-9-17/h4-6,8-9,15,18-19H,7,10-14,16H2,1-3H3. The number of benzene rings is 1. The molecule has 1 saturated carbocycles. The molecule has 0 spiro atoms. The van der Waals surface area contributed by atoms with Crippen molar-refractivity contribution in [2.45, 2.75) is 51.5 Å². The lowest BCUT2D eigenvalue weighted by Crippen LogP contribution is -2.36. The Balaban J connectivity index is 1.30.